The normalized spacial score (nSPS) is 14.6. The molecule has 2 heterocycles. The number of anilines is 1. The molecule has 0 bridgehead atoms. The van der Waals surface area contributed by atoms with Gasteiger partial charge in [-0.1, -0.05) is 6.07 Å². The van der Waals surface area contributed by atoms with Crippen LogP contribution in [-0.4, -0.2) is 16.4 Å². The summed E-state index contributed by atoms with van der Waals surface area (Å²) in [6, 6.07) is 6.36. The lowest BCUT2D eigenvalue weighted by molar-refractivity contribution is 0.110. The molecule has 4 heteroatoms. The number of ether oxygens (including phenoxy) is 1. The number of hydrogen-bond acceptors (Lipinski definition) is 3. The van der Waals surface area contributed by atoms with Gasteiger partial charge in [0.1, 0.15) is 0 Å². The summed E-state index contributed by atoms with van der Waals surface area (Å²) in [4.78, 5) is 0. The number of nitrogens with two attached hydrogens (primary N) is 1. The maximum absolute atomic E-state index is 5.96. The zero-order valence-electron chi connectivity index (χ0n) is 10.7. The van der Waals surface area contributed by atoms with Crippen LogP contribution in [0.15, 0.2) is 18.2 Å². The molecule has 0 saturated heterocycles. The van der Waals surface area contributed by atoms with Gasteiger partial charge >= 0.3 is 0 Å². The van der Waals surface area contributed by atoms with Gasteiger partial charge in [0, 0.05) is 12.0 Å². The highest BCUT2D eigenvalue weighted by Gasteiger charge is 2.20. The number of aryl methyl sites for hydroxylation is 2. The molecule has 4 nitrogen and oxygen atoms in total. The highest BCUT2D eigenvalue weighted by molar-refractivity contribution is 5.49. The molecule has 1 aliphatic rings. The highest BCUT2D eigenvalue weighted by atomic mass is 16.5. The monoisotopic (exact) mass is 243 g/mol. The van der Waals surface area contributed by atoms with Crippen LogP contribution in [0.2, 0.25) is 0 Å². The fraction of sp³-hybridized carbons (Fsp3) is 0.357. The molecule has 2 N–H and O–H groups in total. The van der Waals surface area contributed by atoms with E-state index in [1.54, 1.807) is 0 Å². The minimum Gasteiger partial charge on any atom is -0.382 e. The molecular formula is C14H17N3O. The fourth-order valence-corrected chi connectivity index (χ4v) is 2.33. The van der Waals surface area contributed by atoms with Gasteiger partial charge in [-0.05, 0) is 37.1 Å². The first-order valence-electron chi connectivity index (χ1n) is 6.18. The lowest BCUT2D eigenvalue weighted by atomic mass is 10.1. The fourth-order valence-electron chi connectivity index (χ4n) is 2.33. The standard InChI is InChI=1S/C14H17N3O/c1-9-3-4-11(7-10(9)2)17-13-5-6-18-8-12(13)14(15)16-17/h3-4,7H,5-6,8H2,1-2H3,(H2,15,16). The summed E-state index contributed by atoms with van der Waals surface area (Å²) in [6.07, 6.45) is 0.868. The summed E-state index contributed by atoms with van der Waals surface area (Å²) in [7, 11) is 0. The van der Waals surface area contributed by atoms with Crippen LogP contribution in [0.25, 0.3) is 5.69 Å². The molecule has 1 aromatic carbocycles. The van der Waals surface area contributed by atoms with E-state index in [9.17, 15) is 0 Å². The molecule has 94 valence electrons. The van der Waals surface area contributed by atoms with Crippen molar-refractivity contribution in [3.8, 4) is 5.69 Å². The van der Waals surface area contributed by atoms with E-state index in [2.05, 4.69) is 37.1 Å². The Morgan fingerprint density at radius 1 is 1.28 bits per heavy atom. The van der Waals surface area contributed by atoms with Crippen molar-refractivity contribution >= 4 is 5.82 Å². The largest absolute Gasteiger partial charge is 0.382 e. The van der Waals surface area contributed by atoms with E-state index in [1.165, 1.54) is 16.8 Å². The first-order valence-corrected chi connectivity index (χ1v) is 6.18. The molecule has 2 aromatic rings. The maximum atomic E-state index is 5.96. The van der Waals surface area contributed by atoms with Gasteiger partial charge in [0.2, 0.25) is 0 Å². The second kappa shape index (κ2) is 4.14. The third kappa shape index (κ3) is 1.69. The Bertz CT molecular complexity index is 601. The van der Waals surface area contributed by atoms with E-state index in [0.29, 0.717) is 12.4 Å². The molecule has 0 saturated carbocycles. The number of nitrogens with zero attached hydrogens (tertiary/aromatic N) is 2. The Kier molecular flexibility index (Phi) is 2.59. The summed E-state index contributed by atoms with van der Waals surface area (Å²) in [6.45, 7) is 5.54. The van der Waals surface area contributed by atoms with Crippen molar-refractivity contribution in [3.05, 3.63) is 40.6 Å². The first-order chi connectivity index (χ1) is 8.66. The molecule has 0 aliphatic carbocycles. The minimum absolute atomic E-state index is 0.575. The average Bonchev–Trinajstić information content (AvgIpc) is 2.71. The summed E-state index contributed by atoms with van der Waals surface area (Å²) in [5.74, 6) is 0.586. The molecule has 1 aliphatic heterocycles. The Hall–Kier alpha value is -1.81. The van der Waals surface area contributed by atoms with Crippen molar-refractivity contribution < 1.29 is 4.74 Å². The molecule has 0 amide bonds. The number of fused-ring (bicyclic) bond motifs is 1. The van der Waals surface area contributed by atoms with Gasteiger partial charge in [0.05, 0.1) is 24.6 Å². The molecular weight excluding hydrogens is 226 g/mol. The molecule has 0 radical (unpaired) electrons. The van der Waals surface area contributed by atoms with E-state index in [0.717, 1.165) is 24.3 Å². The zero-order valence-corrected chi connectivity index (χ0v) is 10.7. The van der Waals surface area contributed by atoms with Gasteiger partial charge in [-0.15, -0.1) is 0 Å². The van der Waals surface area contributed by atoms with Gasteiger partial charge in [-0.2, -0.15) is 5.10 Å². The molecule has 0 unspecified atom stereocenters. The van der Waals surface area contributed by atoms with Crippen LogP contribution in [-0.2, 0) is 17.8 Å². The lowest BCUT2D eigenvalue weighted by Gasteiger charge is -2.15. The van der Waals surface area contributed by atoms with Crippen LogP contribution in [0.1, 0.15) is 22.4 Å². The van der Waals surface area contributed by atoms with E-state index in [4.69, 9.17) is 10.5 Å². The van der Waals surface area contributed by atoms with Crippen molar-refractivity contribution in [2.45, 2.75) is 26.9 Å². The van der Waals surface area contributed by atoms with Crippen molar-refractivity contribution in [1.82, 2.24) is 9.78 Å². The van der Waals surface area contributed by atoms with Gasteiger partial charge in [-0.25, -0.2) is 4.68 Å². The Morgan fingerprint density at radius 3 is 2.89 bits per heavy atom. The number of rotatable bonds is 1. The third-order valence-electron chi connectivity index (χ3n) is 3.59. The molecule has 18 heavy (non-hydrogen) atoms. The highest BCUT2D eigenvalue weighted by Crippen LogP contribution is 2.25. The van der Waals surface area contributed by atoms with Gasteiger partial charge in [0.15, 0.2) is 5.82 Å². The minimum atomic E-state index is 0.575. The summed E-state index contributed by atoms with van der Waals surface area (Å²) >= 11 is 0. The molecule has 0 fully saturated rings. The second-order valence-corrected chi connectivity index (χ2v) is 4.79. The quantitative estimate of drug-likeness (QED) is 0.835. The summed E-state index contributed by atoms with van der Waals surface area (Å²) < 4.78 is 7.39. The van der Waals surface area contributed by atoms with Crippen LogP contribution in [0.5, 0.6) is 0 Å². The Balaban J connectivity index is 2.14. The first kappa shape index (κ1) is 11.3. The number of aromatic nitrogens is 2. The predicted molar refractivity (Wildman–Crippen MR) is 70.8 cm³/mol. The van der Waals surface area contributed by atoms with Gasteiger partial charge in [0.25, 0.3) is 0 Å². The van der Waals surface area contributed by atoms with Crippen LogP contribution < -0.4 is 5.73 Å². The van der Waals surface area contributed by atoms with E-state index < -0.39 is 0 Å². The number of nitrogen functional groups attached to an aromatic ring is 1. The van der Waals surface area contributed by atoms with Crippen LogP contribution >= 0.6 is 0 Å². The van der Waals surface area contributed by atoms with Crippen LogP contribution in [0.4, 0.5) is 5.82 Å². The second-order valence-electron chi connectivity index (χ2n) is 4.79. The Labute approximate surface area is 106 Å². The number of benzene rings is 1. The predicted octanol–water partition coefficient (Wildman–Crippen LogP) is 2.14. The number of hydrogen-bond donors (Lipinski definition) is 1. The van der Waals surface area contributed by atoms with Gasteiger partial charge < -0.3 is 10.5 Å². The molecule has 3 rings (SSSR count). The van der Waals surface area contributed by atoms with E-state index >= 15 is 0 Å². The summed E-state index contributed by atoms with van der Waals surface area (Å²) in [5.41, 5.74) is 11.8. The van der Waals surface area contributed by atoms with Crippen molar-refractivity contribution in [3.63, 3.8) is 0 Å². The van der Waals surface area contributed by atoms with Crippen molar-refractivity contribution in [2.24, 2.45) is 0 Å². The SMILES string of the molecule is Cc1ccc(-n2nc(N)c3c2CCOC3)cc1C. The van der Waals surface area contributed by atoms with Crippen molar-refractivity contribution in [1.29, 1.82) is 0 Å². The molecule has 1 aromatic heterocycles. The zero-order chi connectivity index (χ0) is 12.7. The van der Waals surface area contributed by atoms with Gasteiger partial charge in [-0.3, -0.25) is 0 Å². The topological polar surface area (TPSA) is 53.1 Å². The molecule has 0 spiro atoms. The maximum Gasteiger partial charge on any atom is 0.151 e. The Morgan fingerprint density at radius 2 is 2.11 bits per heavy atom. The third-order valence-corrected chi connectivity index (χ3v) is 3.59. The average molecular weight is 243 g/mol. The molecule has 0 atom stereocenters. The van der Waals surface area contributed by atoms with E-state index in [1.807, 2.05) is 4.68 Å². The van der Waals surface area contributed by atoms with E-state index in [-0.39, 0.29) is 0 Å². The lowest BCUT2D eigenvalue weighted by Crippen LogP contribution is -2.13. The summed E-state index contributed by atoms with van der Waals surface area (Å²) in [5, 5.41) is 4.45. The van der Waals surface area contributed by atoms with Crippen LogP contribution in [0, 0.1) is 13.8 Å². The smallest absolute Gasteiger partial charge is 0.151 e. The van der Waals surface area contributed by atoms with Crippen LogP contribution in [0.3, 0.4) is 0 Å². The van der Waals surface area contributed by atoms with Crippen molar-refractivity contribution in [2.75, 3.05) is 12.3 Å².